The highest BCUT2D eigenvalue weighted by atomic mass is 17.0. The first-order chi connectivity index (χ1) is 22.4. The number of benzene rings is 2. The number of aryl methyl sites for hydroxylation is 1. The topological polar surface area (TPSA) is 215 Å². The minimum Gasteiger partial charge on any atom is -0.453 e. The van der Waals surface area contributed by atoms with Crippen molar-refractivity contribution in [1.29, 1.82) is 0 Å². The molecule has 47 heavy (non-hydrogen) atoms. The Morgan fingerprint density at radius 3 is 2.47 bits per heavy atom. The quantitative estimate of drug-likeness (QED) is 0.0991. The van der Waals surface area contributed by atoms with Gasteiger partial charge in [-0.25, -0.2) is 14.6 Å². The van der Waals surface area contributed by atoms with Crippen LogP contribution in [0.3, 0.4) is 0 Å². The van der Waals surface area contributed by atoms with Crippen LogP contribution in [0.5, 0.6) is 0 Å². The molecule has 5 rings (SSSR count). The molecule has 3 aromatic heterocycles. The summed E-state index contributed by atoms with van der Waals surface area (Å²) in [5.74, 6) is -1.02. The highest BCUT2D eigenvalue weighted by molar-refractivity contribution is 5.89. The van der Waals surface area contributed by atoms with Crippen molar-refractivity contribution in [2.24, 2.45) is 0 Å². The second-order valence-corrected chi connectivity index (χ2v) is 11.3. The molecule has 0 aliphatic rings. The zero-order valence-corrected chi connectivity index (χ0v) is 26.1. The van der Waals surface area contributed by atoms with E-state index < -0.39 is 35.2 Å². The second-order valence-electron chi connectivity index (χ2n) is 11.3. The van der Waals surface area contributed by atoms with Gasteiger partial charge in [-0.3, -0.25) is 0 Å². The number of hydrogen-bond acceptors (Lipinski definition) is 13. The van der Waals surface area contributed by atoms with Crippen molar-refractivity contribution in [3.8, 4) is 22.5 Å². The van der Waals surface area contributed by atoms with Crippen LogP contribution < -0.4 is 5.82 Å². The van der Waals surface area contributed by atoms with Crippen LogP contribution in [0.4, 0.5) is 0 Å². The van der Waals surface area contributed by atoms with Gasteiger partial charge in [-0.2, -0.15) is 5.21 Å². The van der Waals surface area contributed by atoms with E-state index in [-0.39, 0.29) is 35.9 Å². The predicted molar refractivity (Wildman–Crippen MR) is 163 cm³/mol. The van der Waals surface area contributed by atoms with Crippen molar-refractivity contribution in [1.82, 2.24) is 30.2 Å². The van der Waals surface area contributed by atoms with Gasteiger partial charge in [0.25, 0.3) is 5.09 Å². The van der Waals surface area contributed by atoms with Gasteiger partial charge >= 0.3 is 11.8 Å². The molecule has 16 nitrogen and oxygen atoms in total. The molecule has 2 N–H and O–H groups in total. The minimum atomic E-state index is -1.51. The van der Waals surface area contributed by atoms with Crippen LogP contribution in [0, 0.1) is 10.1 Å². The molecule has 0 bridgehead atoms. The van der Waals surface area contributed by atoms with Crippen LogP contribution in [-0.2, 0) is 41.2 Å². The zero-order chi connectivity index (χ0) is 33.7. The number of tetrazole rings is 1. The average molecular weight is 648 g/mol. The maximum absolute atomic E-state index is 13.7. The Hall–Kier alpha value is -5.64. The Morgan fingerprint density at radius 2 is 1.83 bits per heavy atom. The Bertz CT molecular complexity index is 1900. The summed E-state index contributed by atoms with van der Waals surface area (Å²) < 4.78 is 17.3. The number of nitrogens with one attached hydrogen (secondary N) is 1. The van der Waals surface area contributed by atoms with Gasteiger partial charge in [-0.05, 0) is 49.1 Å². The normalized spacial score (nSPS) is 12.2. The number of hydrogen-bond donors (Lipinski definition) is 2. The van der Waals surface area contributed by atoms with Crippen LogP contribution >= 0.6 is 0 Å². The van der Waals surface area contributed by atoms with Gasteiger partial charge in [0.2, 0.25) is 5.82 Å². The summed E-state index contributed by atoms with van der Waals surface area (Å²) >= 11 is 0. The first-order valence-corrected chi connectivity index (χ1v) is 14.8. The van der Waals surface area contributed by atoms with Crippen LogP contribution in [0.25, 0.3) is 22.5 Å². The van der Waals surface area contributed by atoms with E-state index in [2.05, 4.69) is 30.4 Å². The van der Waals surface area contributed by atoms with Crippen molar-refractivity contribution in [3.05, 3.63) is 104 Å². The molecule has 0 fully saturated rings. The lowest BCUT2D eigenvalue weighted by Gasteiger charge is -2.18. The monoisotopic (exact) mass is 647 g/mol. The van der Waals surface area contributed by atoms with Gasteiger partial charge in [0.1, 0.15) is 23.2 Å². The molecule has 0 radical (unpaired) electrons. The van der Waals surface area contributed by atoms with Gasteiger partial charge in [-0.1, -0.05) is 55.5 Å². The Morgan fingerprint density at radius 1 is 1.13 bits per heavy atom. The van der Waals surface area contributed by atoms with Gasteiger partial charge in [0.15, 0.2) is 23.8 Å². The van der Waals surface area contributed by atoms with Gasteiger partial charge in [-0.15, -0.1) is 20.3 Å². The zero-order valence-electron chi connectivity index (χ0n) is 26.1. The molecular formula is C31H33N7O9. The number of aromatic nitrogens is 6. The van der Waals surface area contributed by atoms with E-state index in [9.17, 15) is 24.8 Å². The van der Waals surface area contributed by atoms with Crippen molar-refractivity contribution in [2.45, 2.75) is 71.8 Å². The molecule has 3 heterocycles. The Labute approximate surface area is 267 Å². The lowest BCUT2D eigenvalue weighted by molar-refractivity contribution is -0.767. The lowest BCUT2D eigenvalue weighted by Crippen LogP contribution is -2.23. The fraction of sp³-hybridized carbons (Fsp3) is 0.355. The SMILES string of the molecule is CCCc1nc(C(C)(C)O)c(C(=O)OCc2oc(=O)oc2CC(C)O[N+](=O)[O-])n1Cc1ccc(-c2ccccc2-c2nn[nH]n2)cc1. The maximum atomic E-state index is 13.7. The van der Waals surface area contributed by atoms with E-state index in [4.69, 9.17) is 13.6 Å². The number of aliphatic hydroxyl groups is 1. The molecule has 0 aliphatic heterocycles. The van der Waals surface area contributed by atoms with E-state index in [1.807, 2.05) is 55.5 Å². The number of imidazole rings is 1. The summed E-state index contributed by atoms with van der Waals surface area (Å²) in [6.45, 7) is 6.14. The predicted octanol–water partition coefficient (Wildman–Crippen LogP) is 4.00. The van der Waals surface area contributed by atoms with E-state index >= 15 is 0 Å². The molecule has 0 saturated carbocycles. The number of ether oxygens (including phenoxy) is 1. The van der Waals surface area contributed by atoms with Crippen LogP contribution in [0.2, 0.25) is 0 Å². The third-order valence-corrected chi connectivity index (χ3v) is 7.21. The van der Waals surface area contributed by atoms with E-state index in [1.165, 1.54) is 20.8 Å². The summed E-state index contributed by atoms with van der Waals surface area (Å²) in [6, 6.07) is 15.4. The number of H-pyrrole nitrogens is 1. The smallest absolute Gasteiger partial charge is 0.453 e. The van der Waals surface area contributed by atoms with Crippen LogP contribution in [-0.4, -0.2) is 52.4 Å². The minimum absolute atomic E-state index is 0.0323. The van der Waals surface area contributed by atoms with Gasteiger partial charge in [0.05, 0.1) is 0 Å². The van der Waals surface area contributed by atoms with E-state index in [0.29, 0.717) is 18.1 Å². The molecular weight excluding hydrogens is 614 g/mol. The molecule has 0 amide bonds. The molecule has 0 saturated heterocycles. The van der Waals surface area contributed by atoms with Crippen LogP contribution in [0.15, 0.2) is 62.2 Å². The lowest BCUT2D eigenvalue weighted by atomic mass is 9.98. The number of nitrogens with zero attached hydrogens (tertiary/aromatic N) is 6. The van der Waals surface area contributed by atoms with E-state index in [1.54, 1.807) is 4.57 Å². The molecule has 1 atom stereocenters. The Balaban J connectivity index is 1.44. The molecule has 1 unspecified atom stereocenters. The van der Waals surface area contributed by atoms with Gasteiger partial charge < -0.3 is 28.1 Å². The number of carbonyl (C=O) groups excluding carboxylic acids is 1. The first kappa shape index (κ1) is 32.7. The fourth-order valence-corrected chi connectivity index (χ4v) is 5.14. The van der Waals surface area contributed by atoms with Gasteiger partial charge in [0, 0.05) is 24.9 Å². The van der Waals surface area contributed by atoms with Crippen molar-refractivity contribution >= 4 is 5.97 Å². The van der Waals surface area contributed by atoms with Crippen LogP contribution in [0.1, 0.15) is 73.2 Å². The summed E-state index contributed by atoms with van der Waals surface area (Å²) in [7, 11) is 0. The molecule has 0 spiro atoms. The molecule has 16 heteroatoms. The highest BCUT2D eigenvalue weighted by Crippen LogP contribution is 2.31. The average Bonchev–Trinajstić information content (AvgIpc) is 3.76. The number of carbonyl (C=O) groups is 1. The number of aromatic amines is 1. The molecule has 2 aromatic carbocycles. The standard InChI is InChI=1S/C31H33N7O9/c1-5-8-25-32-27(31(3,4)41)26(29(39)44-17-24-23(45-30(40)46-24)15-18(2)47-38(42)43)37(25)16-19-11-13-20(14-12-19)21-9-6-7-10-22(21)28-33-35-36-34-28/h6-7,9-14,18,41H,5,8,15-17H2,1-4H3,(H,33,34,35,36). The first-order valence-electron chi connectivity index (χ1n) is 14.8. The largest absolute Gasteiger partial charge is 0.519 e. The van der Waals surface area contributed by atoms with Crippen molar-refractivity contribution in [2.75, 3.05) is 0 Å². The second kappa shape index (κ2) is 13.8. The third kappa shape index (κ3) is 7.61. The van der Waals surface area contributed by atoms with E-state index in [0.717, 1.165) is 28.7 Å². The third-order valence-electron chi connectivity index (χ3n) is 7.21. The highest BCUT2D eigenvalue weighted by Gasteiger charge is 2.33. The molecule has 246 valence electrons. The summed E-state index contributed by atoms with van der Waals surface area (Å²) in [6.07, 6.45) is 0.0970. The maximum Gasteiger partial charge on any atom is 0.519 e. The van der Waals surface area contributed by atoms with Crippen molar-refractivity contribution in [3.63, 3.8) is 0 Å². The molecule has 5 aromatic rings. The number of esters is 1. The summed E-state index contributed by atoms with van der Waals surface area (Å²) in [4.78, 5) is 45.4. The number of rotatable bonds is 14. The fourth-order valence-electron chi connectivity index (χ4n) is 5.14. The Kier molecular flexibility index (Phi) is 9.60. The molecule has 0 aliphatic carbocycles. The van der Waals surface area contributed by atoms with Crippen molar-refractivity contribution < 1.29 is 33.4 Å². The summed E-state index contributed by atoms with van der Waals surface area (Å²) in [5.41, 5.74) is 2.13. The summed E-state index contributed by atoms with van der Waals surface area (Å²) in [5, 5.41) is 35.1.